The van der Waals surface area contributed by atoms with E-state index < -0.39 is 10.0 Å². The van der Waals surface area contributed by atoms with Gasteiger partial charge in [0.05, 0.1) is 6.26 Å². The van der Waals surface area contributed by atoms with Crippen LogP contribution in [0, 0.1) is 0 Å². The molecular weight excluding hydrogens is 250 g/mol. The van der Waals surface area contributed by atoms with Crippen LogP contribution in [0.5, 0.6) is 0 Å². The molecule has 0 aliphatic carbocycles. The van der Waals surface area contributed by atoms with E-state index in [0.29, 0.717) is 31.7 Å². The van der Waals surface area contributed by atoms with Crippen LogP contribution in [-0.4, -0.2) is 32.1 Å². The van der Waals surface area contributed by atoms with Crippen molar-refractivity contribution in [1.82, 2.24) is 4.31 Å². The second-order valence-corrected chi connectivity index (χ2v) is 6.22. The zero-order chi connectivity index (χ0) is 13.8. The Morgan fingerprint density at radius 2 is 2.00 bits per heavy atom. The molecule has 0 aromatic heterocycles. The maximum absolute atomic E-state index is 11.4. The fraction of sp³-hybridized carbons (Fsp3) is 0.500. The highest BCUT2D eigenvalue weighted by Crippen LogP contribution is 2.14. The van der Waals surface area contributed by atoms with Crippen LogP contribution in [0.4, 0.5) is 5.69 Å². The van der Waals surface area contributed by atoms with Crippen LogP contribution in [0.25, 0.3) is 0 Å². The molecule has 18 heavy (non-hydrogen) atoms. The van der Waals surface area contributed by atoms with E-state index in [1.807, 2.05) is 25.1 Å². The summed E-state index contributed by atoms with van der Waals surface area (Å²) >= 11 is 0. The van der Waals surface area contributed by atoms with Crippen molar-refractivity contribution in [3.05, 3.63) is 29.3 Å². The molecule has 4 N–H and O–H groups in total. The molecule has 0 saturated carbocycles. The zero-order valence-corrected chi connectivity index (χ0v) is 11.7. The van der Waals surface area contributed by atoms with Gasteiger partial charge in [0, 0.05) is 25.3 Å². The van der Waals surface area contributed by atoms with Gasteiger partial charge in [-0.15, -0.1) is 0 Å². The van der Waals surface area contributed by atoms with Crippen LogP contribution in [-0.2, 0) is 23.0 Å². The Kier molecular flexibility index (Phi) is 5.13. The average molecular weight is 271 g/mol. The van der Waals surface area contributed by atoms with Gasteiger partial charge in [0.25, 0.3) is 0 Å². The highest BCUT2D eigenvalue weighted by Gasteiger charge is 2.13. The van der Waals surface area contributed by atoms with Crippen molar-refractivity contribution < 1.29 is 8.42 Å². The first kappa shape index (κ1) is 14.9. The lowest BCUT2D eigenvalue weighted by Crippen LogP contribution is -2.31. The van der Waals surface area contributed by atoms with E-state index in [-0.39, 0.29) is 0 Å². The van der Waals surface area contributed by atoms with Gasteiger partial charge in [0.15, 0.2) is 0 Å². The van der Waals surface area contributed by atoms with E-state index in [1.165, 1.54) is 10.6 Å². The third-order valence-electron chi connectivity index (χ3n) is 2.90. The number of sulfonamides is 1. The first-order valence-corrected chi connectivity index (χ1v) is 7.75. The van der Waals surface area contributed by atoms with Crippen LogP contribution >= 0.6 is 0 Å². The smallest absolute Gasteiger partial charge is 0.211 e. The second kappa shape index (κ2) is 6.17. The summed E-state index contributed by atoms with van der Waals surface area (Å²) < 4.78 is 24.3. The molecule has 0 atom stereocenters. The van der Waals surface area contributed by atoms with Gasteiger partial charge in [0.1, 0.15) is 0 Å². The van der Waals surface area contributed by atoms with Crippen LogP contribution in [0.3, 0.4) is 0 Å². The van der Waals surface area contributed by atoms with E-state index in [1.54, 1.807) is 0 Å². The van der Waals surface area contributed by atoms with Crippen molar-refractivity contribution >= 4 is 15.7 Å². The van der Waals surface area contributed by atoms with Gasteiger partial charge in [-0.05, 0) is 23.6 Å². The summed E-state index contributed by atoms with van der Waals surface area (Å²) in [6, 6.07) is 5.66. The van der Waals surface area contributed by atoms with E-state index >= 15 is 0 Å². The first-order chi connectivity index (χ1) is 8.38. The summed E-state index contributed by atoms with van der Waals surface area (Å²) in [6.45, 7) is 3.18. The van der Waals surface area contributed by atoms with Crippen molar-refractivity contribution in [3.8, 4) is 0 Å². The summed E-state index contributed by atoms with van der Waals surface area (Å²) in [5.41, 5.74) is 14.0. The standard InChI is InChI=1S/C12H21N3O2S/c1-3-15(18(2,16)17)7-6-10-4-5-12(14)11(8-10)9-13/h4-5,8H,3,6-7,9,13-14H2,1-2H3. The molecule has 0 aliphatic rings. The van der Waals surface area contributed by atoms with Crippen molar-refractivity contribution in [1.29, 1.82) is 0 Å². The number of nitrogens with zero attached hydrogens (tertiary/aromatic N) is 1. The molecule has 1 aromatic rings. The first-order valence-electron chi connectivity index (χ1n) is 5.91. The summed E-state index contributed by atoms with van der Waals surface area (Å²) in [4.78, 5) is 0. The molecule has 0 spiro atoms. The zero-order valence-electron chi connectivity index (χ0n) is 10.9. The number of benzene rings is 1. The SMILES string of the molecule is CCN(CCc1ccc(N)c(CN)c1)S(C)(=O)=O. The lowest BCUT2D eigenvalue weighted by atomic mass is 10.1. The van der Waals surface area contributed by atoms with Crippen molar-refractivity contribution in [2.24, 2.45) is 5.73 Å². The fourth-order valence-electron chi connectivity index (χ4n) is 1.80. The van der Waals surface area contributed by atoms with Crippen LogP contribution in [0.2, 0.25) is 0 Å². The molecule has 0 radical (unpaired) electrons. The lowest BCUT2D eigenvalue weighted by molar-refractivity contribution is 0.435. The summed E-state index contributed by atoms with van der Waals surface area (Å²) in [6.07, 6.45) is 1.89. The van der Waals surface area contributed by atoms with Gasteiger partial charge >= 0.3 is 0 Å². The number of rotatable bonds is 6. The summed E-state index contributed by atoms with van der Waals surface area (Å²) in [5, 5.41) is 0. The van der Waals surface area contributed by atoms with Gasteiger partial charge in [0.2, 0.25) is 10.0 Å². The number of hydrogen-bond acceptors (Lipinski definition) is 4. The maximum atomic E-state index is 11.4. The molecule has 102 valence electrons. The lowest BCUT2D eigenvalue weighted by Gasteiger charge is -2.18. The molecule has 1 aromatic carbocycles. The largest absolute Gasteiger partial charge is 0.398 e. The van der Waals surface area contributed by atoms with Gasteiger partial charge in [-0.3, -0.25) is 0 Å². The van der Waals surface area contributed by atoms with Crippen LogP contribution < -0.4 is 11.5 Å². The third-order valence-corrected chi connectivity index (χ3v) is 4.28. The van der Waals surface area contributed by atoms with Gasteiger partial charge in [-0.2, -0.15) is 0 Å². The molecule has 0 bridgehead atoms. The minimum Gasteiger partial charge on any atom is -0.398 e. The third kappa shape index (κ3) is 3.97. The number of anilines is 1. The number of nitrogen functional groups attached to an aromatic ring is 1. The Hall–Kier alpha value is -1.11. The molecule has 6 heteroatoms. The second-order valence-electron chi connectivity index (χ2n) is 4.24. The van der Waals surface area contributed by atoms with E-state index in [4.69, 9.17) is 11.5 Å². The molecule has 5 nitrogen and oxygen atoms in total. The van der Waals surface area contributed by atoms with E-state index in [0.717, 1.165) is 11.1 Å². The van der Waals surface area contributed by atoms with Crippen LogP contribution in [0.1, 0.15) is 18.1 Å². The summed E-state index contributed by atoms with van der Waals surface area (Å²) in [5.74, 6) is 0. The predicted molar refractivity (Wildman–Crippen MR) is 74.5 cm³/mol. The molecule has 0 saturated heterocycles. The molecule has 0 heterocycles. The Labute approximate surface area is 109 Å². The minimum atomic E-state index is -3.13. The molecular formula is C12H21N3O2S. The molecule has 0 fully saturated rings. The van der Waals surface area contributed by atoms with Crippen molar-refractivity contribution in [2.45, 2.75) is 19.9 Å². The van der Waals surface area contributed by atoms with Crippen LogP contribution in [0.15, 0.2) is 18.2 Å². The highest BCUT2D eigenvalue weighted by atomic mass is 32.2. The van der Waals surface area contributed by atoms with Gasteiger partial charge in [-0.25, -0.2) is 12.7 Å². The number of likely N-dealkylation sites (N-methyl/N-ethyl adjacent to an activating group) is 1. The van der Waals surface area contributed by atoms with Gasteiger partial charge in [-0.1, -0.05) is 19.1 Å². The Balaban J connectivity index is 2.74. The molecule has 1 rings (SSSR count). The fourth-order valence-corrected chi connectivity index (χ4v) is 2.70. The topological polar surface area (TPSA) is 89.4 Å². The summed E-state index contributed by atoms with van der Waals surface area (Å²) in [7, 11) is -3.13. The normalized spacial score (nSPS) is 12.0. The number of hydrogen-bond donors (Lipinski definition) is 2. The quantitative estimate of drug-likeness (QED) is 0.739. The highest BCUT2D eigenvalue weighted by molar-refractivity contribution is 7.88. The molecule has 0 amide bonds. The monoisotopic (exact) mass is 271 g/mol. The minimum absolute atomic E-state index is 0.392. The Morgan fingerprint density at radius 1 is 1.33 bits per heavy atom. The average Bonchev–Trinajstić information content (AvgIpc) is 2.30. The number of nitrogens with two attached hydrogens (primary N) is 2. The maximum Gasteiger partial charge on any atom is 0.211 e. The molecule has 0 aliphatic heterocycles. The Morgan fingerprint density at radius 3 is 2.50 bits per heavy atom. The Bertz CT molecular complexity index is 500. The van der Waals surface area contributed by atoms with Gasteiger partial charge < -0.3 is 11.5 Å². The molecule has 0 unspecified atom stereocenters. The predicted octanol–water partition coefficient (Wildman–Crippen LogP) is 0.552. The van der Waals surface area contributed by atoms with Crippen molar-refractivity contribution in [2.75, 3.05) is 25.1 Å². The van der Waals surface area contributed by atoms with E-state index in [2.05, 4.69) is 0 Å². The van der Waals surface area contributed by atoms with Crippen molar-refractivity contribution in [3.63, 3.8) is 0 Å². The van der Waals surface area contributed by atoms with E-state index in [9.17, 15) is 8.42 Å².